The summed E-state index contributed by atoms with van der Waals surface area (Å²) in [5, 5.41) is 9.42. The lowest BCUT2D eigenvalue weighted by Crippen LogP contribution is -2.29. The van der Waals surface area contributed by atoms with Gasteiger partial charge in [0.05, 0.1) is 36.4 Å². The highest BCUT2D eigenvalue weighted by Gasteiger charge is 2.38. The van der Waals surface area contributed by atoms with E-state index in [4.69, 9.17) is 19.9 Å². The number of nitrogens with zero attached hydrogens (tertiary/aromatic N) is 5. The Balaban J connectivity index is 1.69. The number of hydrogen-bond acceptors (Lipinski definition) is 10. The van der Waals surface area contributed by atoms with Crippen molar-refractivity contribution in [2.45, 2.75) is 26.3 Å². The Morgan fingerprint density at radius 1 is 1.21 bits per heavy atom. The number of ether oxygens (including phenoxy) is 3. The maximum absolute atomic E-state index is 13.8. The van der Waals surface area contributed by atoms with Crippen LogP contribution in [0.2, 0.25) is 0 Å². The van der Waals surface area contributed by atoms with Gasteiger partial charge in [-0.2, -0.15) is 18.3 Å². The average molecular weight is 591 g/mol. The molecule has 0 saturated heterocycles. The van der Waals surface area contributed by atoms with Gasteiger partial charge >= 0.3 is 6.18 Å². The third-order valence-corrected chi connectivity index (χ3v) is 6.07. The van der Waals surface area contributed by atoms with Crippen LogP contribution in [0.4, 0.5) is 24.7 Å². The molecule has 0 aliphatic heterocycles. The van der Waals surface area contributed by atoms with E-state index in [1.165, 1.54) is 42.4 Å². The first-order valence-electron chi connectivity index (χ1n) is 12.8. The molecular weight excluding hydrogens is 561 g/mol. The molecule has 1 amide bonds. The van der Waals surface area contributed by atoms with Gasteiger partial charge in [0, 0.05) is 49.9 Å². The van der Waals surface area contributed by atoms with Gasteiger partial charge in [0.1, 0.15) is 6.73 Å². The van der Waals surface area contributed by atoms with Crippen LogP contribution in [0.25, 0.3) is 16.9 Å². The van der Waals surface area contributed by atoms with Crippen molar-refractivity contribution in [2.24, 2.45) is 5.73 Å². The number of carbonyl (C=O) groups excluding carboxylic acids is 2. The summed E-state index contributed by atoms with van der Waals surface area (Å²) in [4.78, 5) is 32.9. The maximum atomic E-state index is 13.8. The smallest absolute Gasteiger partial charge is 0.426 e. The van der Waals surface area contributed by atoms with Crippen LogP contribution in [0, 0.1) is 0 Å². The van der Waals surface area contributed by atoms with Crippen LogP contribution in [0.1, 0.15) is 28.5 Å². The second-order valence-electron chi connectivity index (χ2n) is 8.78. The predicted octanol–water partition coefficient (Wildman–Crippen LogP) is 2.76. The van der Waals surface area contributed by atoms with E-state index in [0.717, 1.165) is 4.68 Å². The van der Waals surface area contributed by atoms with Crippen molar-refractivity contribution >= 4 is 29.5 Å². The highest BCUT2D eigenvalue weighted by atomic mass is 19.4. The standard InChI is InChI=1S/C26H29F3N8O5/c1-3-16-17(25(39)32-8-11-41-10-6-30)4-5-19(21(16)42-15-38)34-23-24-33-12-20(37(24)9-7-31-23)18-13-36(14-40-2)35-22(18)26(27,28)29/h4-5,7,9,12-13,15H,3,6,8,10-11,14,30H2,1-2H3,(H,31,34)(H,32,39). The number of nitrogens with two attached hydrogens (primary N) is 1. The number of rotatable bonds is 14. The zero-order valence-electron chi connectivity index (χ0n) is 22.8. The molecular formula is C26H29F3N8O5. The van der Waals surface area contributed by atoms with Gasteiger partial charge in [-0.3, -0.25) is 14.0 Å². The molecule has 0 bridgehead atoms. The van der Waals surface area contributed by atoms with Gasteiger partial charge in [0.2, 0.25) is 0 Å². The Labute approximate surface area is 237 Å². The molecule has 0 fully saturated rings. The monoisotopic (exact) mass is 590 g/mol. The number of amides is 1. The minimum atomic E-state index is -4.73. The van der Waals surface area contributed by atoms with Gasteiger partial charge in [-0.15, -0.1) is 0 Å². The zero-order chi connectivity index (χ0) is 30.3. The van der Waals surface area contributed by atoms with Gasteiger partial charge in [-0.25, -0.2) is 14.6 Å². The fraction of sp³-hybridized carbons (Fsp3) is 0.346. The quantitative estimate of drug-likeness (QED) is 0.147. The maximum Gasteiger partial charge on any atom is 0.435 e. The summed E-state index contributed by atoms with van der Waals surface area (Å²) < 4.78 is 59.4. The van der Waals surface area contributed by atoms with Crippen LogP contribution in [-0.2, 0) is 33.6 Å². The first-order valence-corrected chi connectivity index (χ1v) is 12.8. The largest absolute Gasteiger partial charge is 0.435 e. The molecule has 0 radical (unpaired) electrons. The van der Waals surface area contributed by atoms with Crippen molar-refractivity contribution in [2.75, 3.05) is 38.7 Å². The molecule has 4 rings (SSSR count). The average Bonchev–Trinajstić information content (AvgIpc) is 3.59. The second-order valence-corrected chi connectivity index (χ2v) is 8.78. The summed E-state index contributed by atoms with van der Waals surface area (Å²) in [6.07, 6.45) is 0.944. The molecule has 0 aliphatic rings. The summed E-state index contributed by atoms with van der Waals surface area (Å²) in [5.74, 6) is -0.137. The molecule has 0 saturated carbocycles. The van der Waals surface area contributed by atoms with E-state index in [0.29, 0.717) is 30.7 Å². The Bertz CT molecular complexity index is 1550. The molecule has 16 heteroatoms. The topological polar surface area (TPSA) is 160 Å². The van der Waals surface area contributed by atoms with Crippen LogP contribution in [-0.4, -0.2) is 69.9 Å². The Kier molecular flexibility index (Phi) is 9.72. The SMILES string of the molecule is CCc1c(C(=O)NCCOCCN)ccc(Nc2nccn3c(-c4cn(COC)nc4C(F)(F)F)cnc23)c1OC=O. The van der Waals surface area contributed by atoms with E-state index in [-0.39, 0.29) is 60.5 Å². The van der Waals surface area contributed by atoms with Crippen LogP contribution >= 0.6 is 0 Å². The zero-order valence-corrected chi connectivity index (χ0v) is 22.8. The fourth-order valence-electron chi connectivity index (χ4n) is 4.34. The van der Waals surface area contributed by atoms with E-state index < -0.39 is 17.8 Å². The van der Waals surface area contributed by atoms with Crippen LogP contribution in [0.15, 0.2) is 36.9 Å². The third-order valence-electron chi connectivity index (χ3n) is 6.07. The molecule has 42 heavy (non-hydrogen) atoms. The Morgan fingerprint density at radius 2 is 2.02 bits per heavy atom. The van der Waals surface area contributed by atoms with Gasteiger partial charge < -0.3 is 30.6 Å². The normalized spacial score (nSPS) is 11.6. The third kappa shape index (κ3) is 6.50. The van der Waals surface area contributed by atoms with Crippen LogP contribution in [0.5, 0.6) is 5.75 Å². The van der Waals surface area contributed by atoms with Crippen molar-refractivity contribution in [1.29, 1.82) is 0 Å². The number of benzene rings is 1. The molecule has 4 N–H and O–H groups in total. The van der Waals surface area contributed by atoms with E-state index in [1.54, 1.807) is 13.0 Å². The van der Waals surface area contributed by atoms with Crippen molar-refractivity contribution in [3.05, 3.63) is 53.7 Å². The van der Waals surface area contributed by atoms with E-state index in [2.05, 4.69) is 25.7 Å². The number of methoxy groups -OCH3 is 1. The number of carbonyl (C=O) groups is 2. The molecule has 13 nitrogen and oxygen atoms in total. The number of nitrogens with one attached hydrogen (secondary N) is 2. The highest BCUT2D eigenvalue weighted by Crippen LogP contribution is 2.38. The number of hydrogen-bond donors (Lipinski definition) is 3. The van der Waals surface area contributed by atoms with Crippen LogP contribution in [0.3, 0.4) is 0 Å². The molecule has 0 spiro atoms. The number of fused-ring (bicyclic) bond motifs is 1. The predicted molar refractivity (Wildman–Crippen MR) is 144 cm³/mol. The van der Waals surface area contributed by atoms with Gasteiger partial charge in [-0.1, -0.05) is 6.92 Å². The Hall–Kier alpha value is -4.54. The summed E-state index contributed by atoms with van der Waals surface area (Å²) in [7, 11) is 1.34. The van der Waals surface area contributed by atoms with E-state index in [1.807, 2.05) is 0 Å². The second kappa shape index (κ2) is 13.4. The molecule has 3 heterocycles. The number of imidazole rings is 1. The molecule has 4 aromatic rings. The minimum Gasteiger partial charge on any atom is -0.426 e. The lowest BCUT2D eigenvalue weighted by atomic mass is 10.0. The molecule has 0 unspecified atom stereocenters. The summed E-state index contributed by atoms with van der Waals surface area (Å²) in [6.45, 7) is 3.11. The highest BCUT2D eigenvalue weighted by molar-refractivity contribution is 5.97. The van der Waals surface area contributed by atoms with Gasteiger partial charge in [0.25, 0.3) is 12.4 Å². The molecule has 224 valence electrons. The number of alkyl halides is 3. The van der Waals surface area contributed by atoms with Crippen LogP contribution < -0.4 is 21.1 Å². The van der Waals surface area contributed by atoms with Crippen molar-refractivity contribution in [3.8, 4) is 17.0 Å². The molecule has 0 aliphatic carbocycles. The molecule has 0 atom stereocenters. The lowest BCUT2D eigenvalue weighted by molar-refractivity contribution is -0.141. The first kappa shape index (κ1) is 30.4. The number of aromatic nitrogens is 5. The summed E-state index contributed by atoms with van der Waals surface area (Å²) in [5.41, 5.74) is 5.42. The summed E-state index contributed by atoms with van der Waals surface area (Å²) >= 11 is 0. The first-order chi connectivity index (χ1) is 20.2. The van der Waals surface area contributed by atoms with Crippen molar-refractivity contribution in [3.63, 3.8) is 0 Å². The molecule has 3 aromatic heterocycles. The van der Waals surface area contributed by atoms with Gasteiger partial charge in [0.15, 0.2) is 22.9 Å². The van der Waals surface area contributed by atoms with Gasteiger partial charge in [-0.05, 0) is 18.6 Å². The number of halogens is 3. The fourth-order valence-corrected chi connectivity index (χ4v) is 4.34. The lowest BCUT2D eigenvalue weighted by Gasteiger charge is -2.17. The summed E-state index contributed by atoms with van der Waals surface area (Å²) in [6, 6.07) is 3.09. The van der Waals surface area contributed by atoms with Crippen molar-refractivity contribution < 1.29 is 37.0 Å². The molecule has 1 aromatic carbocycles. The Morgan fingerprint density at radius 3 is 2.71 bits per heavy atom. The van der Waals surface area contributed by atoms with Crippen molar-refractivity contribution in [1.82, 2.24) is 29.5 Å². The van der Waals surface area contributed by atoms with E-state index >= 15 is 0 Å². The van der Waals surface area contributed by atoms with E-state index in [9.17, 15) is 22.8 Å². The minimum absolute atomic E-state index is 0.0929. The number of anilines is 2.